The molecule has 0 aliphatic carbocycles. The average Bonchev–Trinajstić information content (AvgIpc) is 2.70. The number of piperidine rings is 1. The highest BCUT2D eigenvalue weighted by Gasteiger charge is 2.44. The third-order valence-electron chi connectivity index (χ3n) is 6.01. The van der Waals surface area contributed by atoms with Gasteiger partial charge in [-0.2, -0.15) is 0 Å². The Kier molecular flexibility index (Phi) is 5.13. The lowest BCUT2D eigenvalue weighted by Crippen LogP contribution is -2.54. The van der Waals surface area contributed by atoms with Crippen molar-refractivity contribution in [3.8, 4) is 5.75 Å². The molecular formula is C22H25N3O4. The highest BCUT2D eigenvalue weighted by atomic mass is 16.3. The second-order valence-corrected chi connectivity index (χ2v) is 7.93. The molecule has 0 saturated carbocycles. The first-order valence-corrected chi connectivity index (χ1v) is 9.96. The molecule has 2 amide bonds. The number of amides is 2. The smallest absolute Gasteiger partial charge is 0.251 e. The van der Waals surface area contributed by atoms with Gasteiger partial charge in [-0.3, -0.25) is 19.0 Å². The number of aromatic nitrogens is 1. The molecule has 0 spiro atoms. The second-order valence-electron chi connectivity index (χ2n) is 7.93. The number of carbonyl (C=O) groups excluding carboxylic acids is 2. The van der Waals surface area contributed by atoms with Crippen molar-refractivity contribution in [2.75, 3.05) is 19.6 Å². The molecule has 3 atom stereocenters. The van der Waals surface area contributed by atoms with Gasteiger partial charge in [-0.25, -0.2) is 0 Å². The summed E-state index contributed by atoms with van der Waals surface area (Å²) in [4.78, 5) is 39.5. The fourth-order valence-electron chi connectivity index (χ4n) is 4.62. The van der Waals surface area contributed by atoms with E-state index in [1.165, 1.54) is 6.07 Å². The first-order valence-electron chi connectivity index (χ1n) is 9.96. The highest BCUT2D eigenvalue weighted by molar-refractivity contribution is 5.81. The fraction of sp³-hybridized carbons (Fsp3) is 0.409. The maximum atomic E-state index is 13.1. The van der Waals surface area contributed by atoms with Gasteiger partial charge >= 0.3 is 0 Å². The van der Waals surface area contributed by atoms with Crippen LogP contribution in [0, 0.1) is 5.92 Å². The lowest BCUT2D eigenvalue weighted by molar-refractivity contribution is -0.135. The molecule has 1 aromatic heterocycles. The van der Waals surface area contributed by atoms with Crippen molar-refractivity contribution in [2.45, 2.75) is 31.7 Å². The molecule has 29 heavy (non-hydrogen) atoms. The van der Waals surface area contributed by atoms with Crippen molar-refractivity contribution in [3.05, 3.63) is 64.1 Å². The van der Waals surface area contributed by atoms with Gasteiger partial charge in [0, 0.05) is 50.2 Å². The Balaban J connectivity index is 1.55. The van der Waals surface area contributed by atoms with Crippen LogP contribution >= 0.6 is 0 Å². The third kappa shape index (κ3) is 3.77. The summed E-state index contributed by atoms with van der Waals surface area (Å²) < 4.78 is 1.63. The maximum Gasteiger partial charge on any atom is 0.251 e. The van der Waals surface area contributed by atoms with Crippen LogP contribution in [0.3, 0.4) is 0 Å². The van der Waals surface area contributed by atoms with E-state index in [-0.39, 0.29) is 35.0 Å². The van der Waals surface area contributed by atoms with E-state index in [9.17, 15) is 19.5 Å². The van der Waals surface area contributed by atoms with Crippen LogP contribution in [0.1, 0.15) is 36.6 Å². The van der Waals surface area contributed by atoms with Crippen molar-refractivity contribution in [3.63, 3.8) is 0 Å². The number of fused-ring (bicyclic) bond motifs is 4. The number of pyridine rings is 1. The van der Waals surface area contributed by atoms with E-state index >= 15 is 0 Å². The number of nitrogens with zero attached hydrogens (tertiary/aromatic N) is 2. The molecule has 2 bridgehead atoms. The monoisotopic (exact) mass is 395 g/mol. The number of rotatable bonds is 4. The molecule has 7 nitrogen and oxygen atoms in total. The Bertz CT molecular complexity index is 982. The topological polar surface area (TPSA) is 91.6 Å². The summed E-state index contributed by atoms with van der Waals surface area (Å²) in [6.45, 7) is 3.06. The molecule has 0 unspecified atom stereocenters. The Morgan fingerprint density at radius 3 is 2.62 bits per heavy atom. The van der Waals surface area contributed by atoms with Crippen molar-refractivity contribution in [1.29, 1.82) is 0 Å². The van der Waals surface area contributed by atoms with E-state index in [1.54, 1.807) is 34.6 Å². The molecular weight excluding hydrogens is 370 g/mol. The van der Waals surface area contributed by atoms with Gasteiger partial charge in [-0.05, 0) is 36.6 Å². The molecule has 4 rings (SSSR count). The van der Waals surface area contributed by atoms with E-state index in [0.717, 1.165) is 17.7 Å². The van der Waals surface area contributed by atoms with E-state index in [2.05, 4.69) is 5.32 Å². The minimum atomic E-state index is -0.614. The quantitative estimate of drug-likeness (QED) is 0.819. The zero-order valence-electron chi connectivity index (χ0n) is 16.4. The molecule has 1 fully saturated rings. The van der Waals surface area contributed by atoms with E-state index in [1.807, 2.05) is 18.2 Å². The molecule has 0 radical (unpaired) electrons. The van der Waals surface area contributed by atoms with Crippen molar-refractivity contribution in [2.24, 2.45) is 5.92 Å². The van der Waals surface area contributed by atoms with Crippen LogP contribution in [0.5, 0.6) is 5.75 Å². The van der Waals surface area contributed by atoms with Crippen LogP contribution in [0.15, 0.2) is 47.3 Å². The van der Waals surface area contributed by atoms with Crippen LogP contribution in [0.25, 0.3) is 0 Å². The Hall–Kier alpha value is -3.09. The van der Waals surface area contributed by atoms with Gasteiger partial charge in [0.1, 0.15) is 11.8 Å². The number of likely N-dealkylation sites (tertiary alicyclic amines) is 1. The molecule has 152 valence electrons. The SMILES string of the molecule is CC(=O)N1C[C@H]2C[C@@H](C1)[C@H](C(=O)NCCc1ccc(O)cc1)n1c2cccc1=O. The molecule has 7 heteroatoms. The number of hydrogen-bond donors (Lipinski definition) is 2. The van der Waals surface area contributed by atoms with Crippen LogP contribution in [-0.4, -0.2) is 46.0 Å². The van der Waals surface area contributed by atoms with Gasteiger partial charge in [-0.1, -0.05) is 18.2 Å². The molecule has 2 aliphatic rings. The summed E-state index contributed by atoms with van der Waals surface area (Å²) in [7, 11) is 0. The van der Waals surface area contributed by atoms with Crippen molar-refractivity contribution >= 4 is 11.8 Å². The third-order valence-corrected chi connectivity index (χ3v) is 6.01. The van der Waals surface area contributed by atoms with E-state index < -0.39 is 6.04 Å². The standard InChI is InChI=1S/C22H25N3O4/c1-14(26)24-12-16-11-17(13-24)21(25-19(16)3-2-4-20(25)28)22(29)23-10-9-15-5-7-18(27)8-6-15/h2-8,16-17,21,27H,9-13H2,1H3,(H,23,29)/t16-,17+,21-/m1/s1. The normalized spacial score (nSPS) is 22.7. The van der Waals surface area contributed by atoms with Crippen LogP contribution < -0.4 is 10.9 Å². The largest absolute Gasteiger partial charge is 0.508 e. The summed E-state index contributed by atoms with van der Waals surface area (Å²) in [5.41, 5.74) is 1.66. The average molecular weight is 395 g/mol. The summed E-state index contributed by atoms with van der Waals surface area (Å²) in [6, 6.07) is 11.4. The number of hydrogen-bond acceptors (Lipinski definition) is 4. The highest BCUT2D eigenvalue weighted by Crippen LogP contribution is 2.41. The summed E-state index contributed by atoms with van der Waals surface area (Å²) in [6.07, 6.45) is 1.42. The van der Waals surface area contributed by atoms with Gasteiger partial charge in [0.05, 0.1) is 0 Å². The summed E-state index contributed by atoms with van der Waals surface area (Å²) in [5, 5.41) is 12.3. The lowest BCUT2D eigenvalue weighted by Gasteiger charge is -2.46. The summed E-state index contributed by atoms with van der Waals surface area (Å²) in [5.74, 6) is 0.00877. The lowest BCUT2D eigenvalue weighted by atomic mass is 9.78. The molecule has 2 aliphatic heterocycles. The second kappa shape index (κ2) is 7.73. The predicted octanol–water partition coefficient (Wildman–Crippen LogP) is 1.42. The zero-order chi connectivity index (χ0) is 20.5. The van der Waals surface area contributed by atoms with Crippen LogP contribution in [0.2, 0.25) is 0 Å². The number of benzene rings is 1. The molecule has 2 aromatic rings. The van der Waals surface area contributed by atoms with E-state index in [0.29, 0.717) is 26.1 Å². The predicted molar refractivity (Wildman–Crippen MR) is 108 cm³/mol. The fourth-order valence-corrected chi connectivity index (χ4v) is 4.62. The van der Waals surface area contributed by atoms with Gasteiger partial charge in [-0.15, -0.1) is 0 Å². The molecule has 3 heterocycles. The Labute approximate surface area is 169 Å². The number of carbonyl (C=O) groups is 2. The Morgan fingerprint density at radius 2 is 1.90 bits per heavy atom. The molecule has 1 saturated heterocycles. The van der Waals surface area contributed by atoms with Crippen molar-refractivity contribution < 1.29 is 14.7 Å². The van der Waals surface area contributed by atoms with Crippen molar-refractivity contribution in [1.82, 2.24) is 14.8 Å². The maximum absolute atomic E-state index is 13.1. The first-order chi connectivity index (χ1) is 13.9. The molecule has 1 aromatic carbocycles. The van der Waals surface area contributed by atoms with Gasteiger partial charge in [0.15, 0.2) is 0 Å². The van der Waals surface area contributed by atoms with Crippen LogP contribution in [-0.2, 0) is 16.0 Å². The first kappa shape index (κ1) is 19.2. The van der Waals surface area contributed by atoms with Crippen LogP contribution in [0.4, 0.5) is 0 Å². The minimum Gasteiger partial charge on any atom is -0.508 e. The molecule has 2 N–H and O–H groups in total. The number of phenols is 1. The van der Waals surface area contributed by atoms with Gasteiger partial charge in [0.2, 0.25) is 11.8 Å². The number of aromatic hydroxyl groups is 1. The number of nitrogens with one attached hydrogen (secondary N) is 1. The summed E-state index contributed by atoms with van der Waals surface area (Å²) >= 11 is 0. The van der Waals surface area contributed by atoms with E-state index in [4.69, 9.17) is 0 Å². The van der Waals surface area contributed by atoms with Gasteiger partial charge < -0.3 is 15.3 Å². The minimum absolute atomic E-state index is 0.00193. The van der Waals surface area contributed by atoms with Gasteiger partial charge in [0.25, 0.3) is 5.56 Å². The zero-order valence-corrected chi connectivity index (χ0v) is 16.4. The number of phenolic OH excluding ortho intramolecular Hbond substituents is 1. The Morgan fingerprint density at radius 1 is 1.14 bits per heavy atom.